The average Bonchev–Trinajstić information content (AvgIpc) is 3.07. The van der Waals surface area contributed by atoms with Gasteiger partial charge in [-0.1, -0.05) is 26.7 Å². The van der Waals surface area contributed by atoms with Crippen molar-refractivity contribution in [3.8, 4) is 0 Å². The fourth-order valence-corrected chi connectivity index (χ4v) is 9.02. The third kappa shape index (κ3) is 4.90. The number of fused-ring (bicyclic) bond motifs is 5. The summed E-state index contributed by atoms with van der Waals surface area (Å²) in [6.07, 6.45) is 17.7. The Morgan fingerprint density at radius 3 is 2.32 bits per heavy atom. The van der Waals surface area contributed by atoms with Crippen LogP contribution in [0.25, 0.3) is 0 Å². The highest BCUT2D eigenvalue weighted by Crippen LogP contribution is 2.66. The first-order valence-corrected chi connectivity index (χ1v) is 13.9. The lowest BCUT2D eigenvalue weighted by atomic mass is 9.45. The minimum atomic E-state index is 0.566. The van der Waals surface area contributed by atoms with Gasteiger partial charge in [0.25, 0.3) is 0 Å². The van der Waals surface area contributed by atoms with E-state index in [1.54, 1.807) is 12.8 Å². The minimum absolute atomic E-state index is 0.566. The summed E-state index contributed by atoms with van der Waals surface area (Å²) in [6, 6.07) is 0.773. The minimum Gasteiger partial charge on any atom is -0.313 e. The molecular weight excluding hydrogens is 378 g/mol. The van der Waals surface area contributed by atoms with Gasteiger partial charge in [0.05, 0.1) is 0 Å². The Morgan fingerprint density at radius 2 is 1.52 bits per heavy atom. The maximum Gasteiger partial charge on any atom is 0.0124 e. The van der Waals surface area contributed by atoms with Crippen molar-refractivity contribution in [3.05, 3.63) is 0 Å². The molecule has 31 heavy (non-hydrogen) atoms. The summed E-state index contributed by atoms with van der Waals surface area (Å²) in [5.74, 6) is 4.13. The Kier molecular flexibility index (Phi) is 7.76. The number of nitrogens with one attached hydrogen (secondary N) is 1. The Morgan fingerprint density at radius 1 is 0.742 bits per heavy atom. The van der Waals surface area contributed by atoms with Crippen LogP contribution >= 0.6 is 0 Å². The summed E-state index contributed by atoms with van der Waals surface area (Å²) in [4.78, 5) is 4.82. The molecule has 3 nitrogen and oxygen atoms in total. The van der Waals surface area contributed by atoms with Crippen molar-refractivity contribution in [3.63, 3.8) is 0 Å². The molecule has 0 heterocycles. The van der Waals surface area contributed by atoms with Gasteiger partial charge < -0.3 is 15.1 Å². The second-order valence-corrected chi connectivity index (χ2v) is 12.8. The maximum absolute atomic E-state index is 4.08. The molecule has 0 aromatic carbocycles. The molecule has 4 aliphatic carbocycles. The SMILES string of the molecule is CN(C)CCCN(C)CCCN[C@H]1CC[C@H]2[C@@H]3CC[C@H]4CCCC[C@]4(C)[C@H]3CC[C@]12C. The molecule has 0 aliphatic heterocycles. The molecule has 0 aromatic rings. The van der Waals surface area contributed by atoms with E-state index in [-0.39, 0.29) is 0 Å². The Labute approximate surface area is 194 Å². The van der Waals surface area contributed by atoms with E-state index in [0.29, 0.717) is 10.8 Å². The first kappa shape index (κ1) is 24.0. The second kappa shape index (κ2) is 10.0. The van der Waals surface area contributed by atoms with Crippen LogP contribution in [0, 0.1) is 34.5 Å². The summed E-state index contributed by atoms with van der Waals surface area (Å²) < 4.78 is 0. The first-order valence-electron chi connectivity index (χ1n) is 13.9. The average molecular weight is 432 g/mol. The molecule has 0 spiro atoms. The molecule has 0 amide bonds. The van der Waals surface area contributed by atoms with E-state index >= 15 is 0 Å². The van der Waals surface area contributed by atoms with Crippen LogP contribution in [-0.4, -0.2) is 63.2 Å². The van der Waals surface area contributed by atoms with Crippen LogP contribution in [0.4, 0.5) is 0 Å². The third-order valence-electron chi connectivity index (χ3n) is 10.8. The van der Waals surface area contributed by atoms with Crippen molar-refractivity contribution in [1.82, 2.24) is 15.1 Å². The van der Waals surface area contributed by atoms with Crippen molar-refractivity contribution in [2.45, 2.75) is 96.9 Å². The quantitative estimate of drug-likeness (QED) is 0.476. The van der Waals surface area contributed by atoms with E-state index in [1.807, 2.05) is 0 Å². The molecule has 7 atom stereocenters. The molecule has 180 valence electrons. The van der Waals surface area contributed by atoms with E-state index in [1.165, 1.54) is 90.4 Å². The van der Waals surface area contributed by atoms with Gasteiger partial charge in [0.2, 0.25) is 0 Å². The van der Waals surface area contributed by atoms with E-state index in [2.05, 4.69) is 50.1 Å². The van der Waals surface area contributed by atoms with Crippen molar-refractivity contribution >= 4 is 0 Å². The van der Waals surface area contributed by atoms with Crippen LogP contribution in [0.15, 0.2) is 0 Å². The number of hydrogen-bond acceptors (Lipinski definition) is 3. The molecular formula is C28H53N3. The molecule has 1 N–H and O–H groups in total. The standard InChI is InChI=1S/C28H53N3/c1-27-16-7-6-10-22(27)11-12-23-24-13-14-26(28(24,2)17-15-25(23)27)29-18-8-20-31(5)21-9-19-30(3)4/h22-26,29H,6-21H2,1-5H3/t22-,23+,24+,25+,26+,27+,28+/m1/s1. The number of rotatable bonds is 9. The van der Waals surface area contributed by atoms with Crippen LogP contribution in [0.1, 0.15) is 90.9 Å². The zero-order chi connectivity index (χ0) is 22.1. The molecule has 4 fully saturated rings. The molecule has 4 saturated carbocycles. The topological polar surface area (TPSA) is 18.5 Å². The van der Waals surface area contributed by atoms with Crippen LogP contribution < -0.4 is 5.32 Å². The molecule has 0 saturated heterocycles. The Hall–Kier alpha value is -0.120. The zero-order valence-electron chi connectivity index (χ0n) is 21.6. The maximum atomic E-state index is 4.08. The van der Waals surface area contributed by atoms with Gasteiger partial charge in [-0.15, -0.1) is 0 Å². The molecule has 4 aliphatic rings. The molecule has 4 rings (SSSR count). The van der Waals surface area contributed by atoms with Crippen molar-refractivity contribution in [1.29, 1.82) is 0 Å². The van der Waals surface area contributed by atoms with Crippen molar-refractivity contribution in [2.75, 3.05) is 47.3 Å². The highest BCUT2D eigenvalue weighted by Gasteiger charge is 2.59. The normalized spacial score (nSPS) is 42.5. The van der Waals surface area contributed by atoms with Crippen LogP contribution in [0.2, 0.25) is 0 Å². The van der Waals surface area contributed by atoms with E-state index in [9.17, 15) is 0 Å². The zero-order valence-corrected chi connectivity index (χ0v) is 21.6. The predicted molar refractivity (Wildman–Crippen MR) is 133 cm³/mol. The molecule has 0 aromatic heterocycles. The summed E-state index contributed by atoms with van der Waals surface area (Å²) >= 11 is 0. The highest BCUT2D eigenvalue weighted by molar-refractivity contribution is 5.10. The monoisotopic (exact) mass is 431 g/mol. The van der Waals surface area contributed by atoms with E-state index in [0.717, 1.165) is 29.7 Å². The number of nitrogens with zero attached hydrogens (tertiary/aromatic N) is 2. The van der Waals surface area contributed by atoms with Gasteiger partial charge in [0.1, 0.15) is 0 Å². The fourth-order valence-electron chi connectivity index (χ4n) is 9.02. The van der Waals surface area contributed by atoms with Gasteiger partial charge in [0.15, 0.2) is 0 Å². The highest BCUT2D eigenvalue weighted by atomic mass is 15.1. The lowest BCUT2D eigenvalue weighted by Crippen LogP contribution is -2.55. The second-order valence-electron chi connectivity index (χ2n) is 12.8. The number of hydrogen-bond donors (Lipinski definition) is 1. The van der Waals surface area contributed by atoms with E-state index in [4.69, 9.17) is 0 Å². The lowest BCUT2D eigenvalue weighted by molar-refractivity contribution is -0.107. The molecule has 0 bridgehead atoms. The van der Waals surface area contributed by atoms with Crippen LogP contribution in [0.3, 0.4) is 0 Å². The molecule has 0 radical (unpaired) electrons. The summed E-state index contributed by atoms with van der Waals surface area (Å²) in [5.41, 5.74) is 1.25. The summed E-state index contributed by atoms with van der Waals surface area (Å²) in [7, 11) is 6.65. The largest absolute Gasteiger partial charge is 0.313 e. The molecule has 0 unspecified atom stereocenters. The Balaban J connectivity index is 1.26. The summed E-state index contributed by atoms with van der Waals surface area (Å²) in [5, 5.41) is 4.08. The van der Waals surface area contributed by atoms with Crippen LogP contribution in [-0.2, 0) is 0 Å². The summed E-state index contributed by atoms with van der Waals surface area (Å²) in [6.45, 7) is 10.3. The Bertz CT molecular complexity index is 577. The first-order chi connectivity index (χ1) is 14.8. The smallest absolute Gasteiger partial charge is 0.0124 e. The van der Waals surface area contributed by atoms with Gasteiger partial charge in [0, 0.05) is 6.04 Å². The van der Waals surface area contributed by atoms with Gasteiger partial charge in [-0.25, -0.2) is 0 Å². The van der Waals surface area contributed by atoms with Crippen LogP contribution in [0.5, 0.6) is 0 Å². The van der Waals surface area contributed by atoms with E-state index < -0.39 is 0 Å². The van der Waals surface area contributed by atoms with Gasteiger partial charge >= 0.3 is 0 Å². The van der Waals surface area contributed by atoms with Gasteiger partial charge in [-0.2, -0.15) is 0 Å². The van der Waals surface area contributed by atoms with Crippen molar-refractivity contribution in [2.24, 2.45) is 34.5 Å². The lowest BCUT2D eigenvalue weighted by Gasteiger charge is -2.60. The third-order valence-corrected chi connectivity index (χ3v) is 10.8. The fraction of sp³-hybridized carbons (Fsp3) is 1.00. The van der Waals surface area contributed by atoms with Gasteiger partial charge in [-0.3, -0.25) is 0 Å². The predicted octanol–water partition coefficient (Wildman–Crippen LogP) is 5.65. The van der Waals surface area contributed by atoms with Gasteiger partial charge in [-0.05, 0) is 146 Å². The van der Waals surface area contributed by atoms with Crippen molar-refractivity contribution < 1.29 is 0 Å². The molecule has 3 heteroatoms.